The van der Waals surface area contributed by atoms with Crippen LogP contribution < -0.4 is 35.6 Å². The number of ether oxygens (including phenoxy) is 4. The SMILES string of the molecule is CC(C)Cc1ccc(Oc2ccccn2)cc1Oc1cc(CC(C)C)c2c(c1)B(c1ncc(C(C)C)cn1)c1cc(Oc3cc(Oc4ccccn4)ccc3CC(C)C)c(CC(C)C)cc1-2. The second kappa shape index (κ2) is 20.4. The molecule has 3 aromatic heterocycles. The normalized spacial score (nSPS) is 12.1. The summed E-state index contributed by atoms with van der Waals surface area (Å²) in [6, 6.07) is 32.7. The molecule has 338 valence electrons. The number of hydrogen-bond donors (Lipinski definition) is 0. The Balaban J connectivity index is 1.28. The Kier molecular flexibility index (Phi) is 14.2. The zero-order valence-corrected chi connectivity index (χ0v) is 40.3. The Hall–Kier alpha value is -6.48. The van der Waals surface area contributed by atoms with Crippen LogP contribution in [0.25, 0.3) is 11.1 Å². The standard InChI is InChI=1S/C57H63BN4O4/c1-35(2)23-40-17-19-45(64-54-15-11-13-21-59-54)30-51(40)63-47-27-43(26-38(7)8)56-48-28-42(25-37(5)6)53(32-49(48)58(50(56)29-47)57-61-33-44(34-62-57)39(9)10)66-52-31-46(20-18-41(52)24-36(3)4)65-55-16-12-14-22-60-55/h11-22,27-39H,23-26H2,1-10H3. The lowest BCUT2D eigenvalue weighted by atomic mass is 9.42. The van der Waals surface area contributed by atoms with E-state index in [0.717, 1.165) is 87.6 Å². The van der Waals surface area contributed by atoms with Crippen LogP contribution in [0.3, 0.4) is 0 Å². The minimum absolute atomic E-state index is 0.274. The third-order valence-electron chi connectivity index (χ3n) is 11.7. The van der Waals surface area contributed by atoms with Gasteiger partial charge in [-0.2, -0.15) is 0 Å². The number of nitrogens with zero attached hydrogens (tertiary/aromatic N) is 4. The lowest BCUT2D eigenvalue weighted by molar-refractivity contribution is 0.440. The topological polar surface area (TPSA) is 88.5 Å². The molecule has 0 unspecified atom stereocenters. The molecular weight excluding hydrogens is 815 g/mol. The maximum absolute atomic E-state index is 7.19. The highest BCUT2D eigenvalue weighted by Crippen LogP contribution is 2.41. The summed E-state index contributed by atoms with van der Waals surface area (Å²) in [5.41, 5.74) is 11.1. The number of hydrogen-bond acceptors (Lipinski definition) is 8. The molecule has 0 spiro atoms. The predicted octanol–water partition coefficient (Wildman–Crippen LogP) is 12.8. The Morgan fingerprint density at radius 2 is 0.955 bits per heavy atom. The van der Waals surface area contributed by atoms with E-state index in [1.165, 1.54) is 16.7 Å². The first-order chi connectivity index (χ1) is 31.8. The molecular formula is C57H63BN4O4. The molecule has 0 N–H and O–H groups in total. The number of fused-ring (bicyclic) bond motifs is 3. The van der Waals surface area contributed by atoms with Crippen LogP contribution in [0.15, 0.2) is 122 Å². The Morgan fingerprint density at radius 3 is 1.47 bits per heavy atom. The third-order valence-corrected chi connectivity index (χ3v) is 11.7. The summed E-state index contributed by atoms with van der Waals surface area (Å²) in [6.45, 7) is 22.1. The van der Waals surface area contributed by atoms with Gasteiger partial charge in [-0.25, -0.2) is 9.97 Å². The molecule has 0 atom stereocenters. The third kappa shape index (κ3) is 11.0. The highest BCUT2D eigenvalue weighted by molar-refractivity contribution is 6.98. The van der Waals surface area contributed by atoms with Gasteiger partial charge in [0.2, 0.25) is 11.8 Å². The largest absolute Gasteiger partial charge is 0.457 e. The Morgan fingerprint density at radius 1 is 0.439 bits per heavy atom. The van der Waals surface area contributed by atoms with Crippen molar-refractivity contribution in [3.63, 3.8) is 0 Å². The zero-order chi connectivity index (χ0) is 46.5. The summed E-state index contributed by atoms with van der Waals surface area (Å²) >= 11 is 0. The molecule has 66 heavy (non-hydrogen) atoms. The first-order valence-electron chi connectivity index (χ1n) is 23.7. The van der Waals surface area contributed by atoms with Crippen molar-refractivity contribution >= 4 is 23.4 Å². The molecule has 1 aliphatic rings. The fourth-order valence-corrected chi connectivity index (χ4v) is 8.85. The summed E-state index contributed by atoms with van der Waals surface area (Å²) in [4.78, 5) is 19.1. The van der Waals surface area contributed by atoms with Crippen LogP contribution >= 0.6 is 0 Å². The number of aromatic nitrogens is 4. The molecule has 8 rings (SSSR count). The maximum Gasteiger partial charge on any atom is 0.291 e. The van der Waals surface area contributed by atoms with Gasteiger partial charge in [-0.3, -0.25) is 9.97 Å². The lowest BCUT2D eigenvalue weighted by Gasteiger charge is -2.20. The van der Waals surface area contributed by atoms with Crippen LogP contribution in [-0.4, -0.2) is 26.6 Å². The van der Waals surface area contributed by atoms with Crippen molar-refractivity contribution in [2.24, 2.45) is 23.7 Å². The average Bonchev–Trinajstić information content (AvgIpc) is 3.58. The fraction of sp³-hybridized carbons (Fsp3) is 0.333. The summed E-state index contributed by atoms with van der Waals surface area (Å²) in [5.74, 6) is 7.43. The van der Waals surface area contributed by atoms with Crippen molar-refractivity contribution < 1.29 is 18.9 Å². The van der Waals surface area contributed by atoms with Gasteiger partial charge in [0.05, 0.1) is 5.72 Å². The molecule has 0 fully saturated rings. The van der Waals surface area contributed by atoms with E-state index in [2.05, 4.69) is 116 Å². The smallest absolute Gasteiger partial charge is 0.291 e. The van der Waals surface area contributed by atoms with E-state index in [4.69, 9.17) is 28.9 Å². The fourth-order valence-electron chi connectivity index (χ4n) is 8.85. The van der Waals surface area contributed by atoms with Crippen LogP contribution in [0.2, 0.25) is 0 Å². The van der Waals surface area contributed by atoms with Crippen LogP contribution in [0.4, 0.5) is 0 Å². The first-order valence-corrected chi connectivity index (χ1v) is 23.7. The van der Waals surface area contributed by atoms with E-state index in [9.17, 15) is 0 Å². The van der Waals surface area contributed by atoms with Gasteiger partial charge in [-0.15, -0.1) is 0 Å². The van der Waals surface area contributed by atoms with Crippen LogP contribution in [0, 0.1) is 23.7 Å². The van der Waals surface area contributed by atoms with Crippen molar-refractivity contribution in [2.45, 2.75) is 101 Å². The molecule has 1 aliphatic heterocycles. The van der Waals surface area contributed by atoms with E-state index >= 15 is 0 Å². The molecule has 0 amide bonds. The minimum atomic E-state index is -0.274. The van der Waals surface area contributed by atoms with Crippen molar-refractivity contribution in [3.8, 4) is 57.4 Å². The van der Waals surface area contributed by atoms with E-state index in [1.54, 1.807) is 12.4 Å². The highest BCUT2D eigenvalue weighted by Gasteiger charge is 2.39. The van der Waals surface area contributed by atoms with E-state index in [-0.39, 0.29) is 6.71 Å². The molecule has 4 heterocycles. The molecule has 8 nitrogen and oxygen atoms in total. The summed E-state index contributed by atoms with van der Waals surface area (Å²) in [7, 11) is 0. The molecule has 4 aromatic carbocycles. The highest BCUT2D eigenvalue weighted by atomic mass is 16.5. The second-order valence-corrected chi connectivity index (χ2v) is 19.7. The summed E-state index contributed by atoms with van der Waals surface area (Å²) in [6.07, 6.45) is 10.8. The van der Waals surface area contributed by atoms with Crippen molar-refractivity contribution in [3.05, 3.63) is 150 Å². The monoisotopic (exact) mass is 878 g/mol. The van der Waals surface area contributed by atoms with Gasteiger partial charge < -0.3 is 18.9 Å². The molecule has 0 saturated carbocycles. The zero-order valence-electron chi connectivity index (χ0n) is 40.3. The van der Waals surface area contributed by atoms with E-state index < -0.39 is 0 Å². The number of pyridine rings is 2. The van der Waals surface area contributed by atoms with Crippen LogP contribution in [0.5, 0.6) is 46.3 Å². The number of rotatable bonds is 18. The van der Waals surface area contributed by atoms with Gasteiger partial charge in [-0.1, -0.05) is 104 Å². The summed E-state index contributed by atoms with van der Waals surface area (Å²) in [5, 5.41) is 0. The molecule has 0 bridgehead atoms. The van der Waals surface area contributed by atoms with Gasteiger partial charge in [0.25, 0.3) is 6.71 Å². The second-order valence-electron chi connectivity index (χ2n) is 19.7. The Bertz CT molecular complexity index is 2760. The van der Waals surface area contributed by atoms with Gasteiger partial charge in [0.15, 0.2) is 0 Å². The predicted molar refractivity (Wildman–Crippen MR) is 268 cm³/mol. The first kappa shape index (κ1) is 46.1. The van der Waals surface area contributed by atoms with Gasteiger partial charge in [0.1, 0.15) is 34.5 Å². The average molecular weight is 879 g/mol. The molecule has 7 aromatic rings. The lowest BCUT2D eigenvalue weighted by Crippen LogP contribution is -2.52. The van der Waals surface area contributed by atoms with Crippen LogP contribution in [-0.2, 0) is 25.7 Å². The van der Waals surface area contributed by atoms with Gasteiger partial charge >= 0.3 is 0 Å². The molecule has 9 heteroatoms. The quantitative estimate of drug-likeness (QED) is 0.0788. The molecule has 0 aliphatic carbocycles. The summed E-state index contributed by atoms with van der Waals surface area (Å²) < 4.78 is 26.7. The van der Waals surface area contributed by atoms with Gasteiger partial charge in [-0.05, 0) is 143 Å². The van der Waals surface area contributed by atoms with E-state index in [0.29, 0.717) is 52.8 Å². The van der Waals surface area contributed by atoms with Crippen molar-refractivity contribution in [1.29, 1.82) is 0 Å². The Labute approximate surface area is 392 Å². The van der Waals surface area contributed by atoms with Crippen LogP contribution in [0.1, 0.15) is 103 Å². The maximum atomic E-state index is 7.19. The number of benzene rings is 4. The van der Waals surface area contributed by atoms with Crippen molar-refractivity contribution in [1.82, 2.24) is 19.9 Å². The molecule has 0 saturated heterocycles. The van der Waals surface area contributed by atoms with Crippen molar-refractivity contribution in [2.75, 3.05) is 0 Å². The molecule has 0 radical (unpaired) electrons. The van der Waals surface area contributed by atoms with E-state index in [1.807, 2.05) is 73.1 Å². The van der Waals surface area contributed by atoms with Gasteiger partial charge in [0, 0.05) is 49.1 Å². The minimum Gasteiger partial charge on any atom is -0.457 e.